The fourth-order valence-electron chi connectivity index (χ4n) is 3.97. The standard InChI is InChI=1S/C22H31N3O/c1-16(2)14-25-18(4)20(17(3)24-25)13-21(26)23-15-22(11-8-12-22)19-9-6-5-7-10-19/h5-7,9-10,16H,8,11-15H2,1-4H3,(H,23,26). The Labute approximate surface area is 157 Å². The first kappa shape index (κ1) is 18.7. The first-order valence-corrected chi connectivity index (χ1v) is 9.76. The van der Waals surface area contributed by atoms with Gasteiger partial charge in [0.1, 0.15) is 0 Å². The fraction of sp³-hybridized carbons (Fsp3) is 0.545. The molecule has 1 saturated carbocycles. The minimum atomic E-state index is 0.0995. The van der Waals surface area contributed by atoms with Crippen LogP contribution in [0.25, 0.3) is 0 Å². The fourth-order valence-corrected chi connectivity index (χ4v) is 3.97. The van der Waals surface area contributed by atoms with E-state index in [0.29, 0.717) is 12.3 Å². The molecule has 0 radical (unpaired) electrons. The van der Waals surface area contributed by atoms with E-state index in [1.165, 1.54) is 12.0 Å². The van der Waals surface area contributed by atoms with Crippen LogP contribution >= 0.6 is 0 Å². The average Bonchev–Trinajstić information content (AvgIpc) is 2.82. The predicted octanol–water partition coefficient (Wildman–Crippen LogP) is 3.94. The van der Waals surface area contributed by atoms with Crippen LogP contribution in [0.2, 0.25) is 0 Å². The zero-order chi connectivity index (χ0) is 18.7. The van der Waals surface area contributed by atoms with Crippen LogP contribution in [-0.4, -0.2) is 22.2 Å². The summed E-state index contributed by atoms with van der Waals surface area (Å²) >= 11 is 0. The molecule has 1 heterocycles. The van der Waals surface area contributed by atoms with E-state index in [0.717, 1.165) is 42.9 Å². The normalized spacial score (nSPS) is 15.7. The number of aryl methyl sites for hydroxylation is 1. The first-order chi connectivity index (χ1) is 12.4. The van der Waals surface area contributed by atoms with Crippen LogP contribution in [0.15, 0.2) is 30.3 Å². The van der Waals surface area contributed by atoms with Crippen molar-refractivity contribution in [3.63, 3.8) is 0 Å². The lowest BCUT2D eigenvalue weighted by Crippen LogP contribution is -2.46. The van der Waals surface area contributed by atoms with Gasteiger partial charge in [-0.2, -0.15) is 5.10 Å². The minimum Gasteiger partial charge on any atom is -0.355 e. The monoisotopic (exact) mass is 353 g/mol. The van der Waals surface area contributed by atoms with Gasteiger partial charge in [-0.1, -0.05) is 50.6 Å². The third-order valence-corrected chi connectivity index (χ3v) is 5.73. The molecule has 1 amide bonds. The third-order valence-electron chi connectivity index (χ3n) is 5.73. The van der Waals surface area contributed by atoms with Gasteiger partial charge in [-0.15, -0.1) is 0 Å². The number of nitrogens with one attached hydrogen (secondary N) is 1. The van der Waals surface area contributed by atoms with Gasteiger partial charge in [0, 0.05) is 29.8 Å². The Morgan fingerprint density at radius 2 is 1.92 bits per heavy atom. The Kier molecular flexibility index (Phi) is 5.49. The number of aromatic nitrogens is 2. The van der Waals surface area contributed by atoms with Crippen molar-refractivity contribution in [1.29, 1.82) is 0 Å². The summed E-state index contributed by atoms with van der Waals surface area (Å²) in [4.78, 5) is 12.6. The Bertz CT molecular complexity index is 757. The maximum atomic E-state index is 12.6. The molecule has 0 unspecified atom stereocenters. The Balaban J connectivity index is 1.64. The van der Waals surface area contributed by atoms with Gasteiger partial charge in [0.2, 0.25) is 5.91 Å². The van der Waals surface area contributed by atoms with Crippen LogP contribution in [0.1, 0.15) is 55.6 Å². The molecule has 1 aliphatic rings. The van der Waals surface area contributed by atoms with Crippen molar-refractivity contribution in [2.24, 2.45) is 5.92 Å². The summed E-state index contributed by atoms with van der Waals surface area (Å²) in [5, 5.41) is 7.82. The zero-order valence-corrected chi connectivity index (χ0v) is 16.5. The van der Waals surface area contributed by atoms with Crippen molar-refractivity contribution >= 4 is 5.91 Å². The summed E-state index contributed by atoms with van der Waals surface area (Å²) in [5.41, 5.74) is 4.64. The lowest BCUT2D eigenvalue weighted by Gasteiger charge is -2.42. The highest BCUT2D eigenvalue weighted by atomic mass is 16.1. The SMILES string of the molecule is Cc1nn(CC(C)C)c(C)c1CC(=O)NCC1(c2ccccc2)CCC1. The van der Waals surface area contributed by atoms with Gasteiger partial charge >= 0.3 is 0 Å². The van der Waals surface area contributed by atoms with Crippen LogP contribution in [0.4, 0.5) is 0 Å². The lowest BCUT2D eigenvalue weighted by molar-refractivity contribution is -0.120. The summed E-state index contributed by atoms with van der Waals surface area (Å²) < 4.78 is 2.04. The highest BCUT2D eigenvalue weighted by Gasteiger charge is 2.38. The Hall–Kier alpha value is -2.10. The number of nitrogens with zero attached hydrogens (tertiary/aromatic N) is 2. The number of hydrogen-bond donors (Lipinski definition) is 1. The van der Waals surface area contributed by atoms with E-state index in [1.807, 2.05) is 11.6 Å². The van der Waals surface area contributed by atoms with Gasteiger partial charge < -0.3 is 5.32 Å². The van der Waals surface area contributed by atoms with Crippen molar-refractivity contribution in [2.45, 2.75) is 65.3 Å². The number of amides is 1. The van der Waals surface area contributed by atoms with Crippen molar-refractivity contribution in [2.75, 3.05) is 6.54 Å². The molecule has 1 aromatic carbocycles. The van der Waals surface area contributed by atoms with Crippen molar-refractivity contribution in [3.8, 4) is 0 Å². The van der Waals surface area contributed by atoms with Gasteiger partial charge in [0.15, 0.2) is 0 Å². The molecule has 1 aromatic heterocycles. The molecule has 0 aliphatic heterocycles. The largest absolute Gasteiger partial charge is 0.355 e. The quantitative estimate of drug-likeness (QED) is 0.820. The highest BCUT2D eigenvalue weighted by molar-refractivity contribution is 5.79. The van der Waals surface area contributed by atoms with Gasteiger partial charge in [-0.25, -0.2) is 0 Å². The van der Waals surface area contributed by atoms with Crippen LogP contribution in [-0.2, 0) is 23.2 Å². The summed E-state index contributed by atoms with van der Waals surface area (Å²) in [5.74, 6) is 0.640. The molecule has 0 atom stereocenters. The predicted molar refractivity (Wildman–Crippen MR) is 105 cm³/mol. The average molecular weight is 354 g/mol. The molecular formula is C22H31N3O. The van der Waals surface area contributed by atoms with Gasteiger partial charge in [0.25, 0.3) is 0 Å². The van der Waals surface area contributed by atoms with E-state index < -0.39 is 0 Å². The van der Waals surface area contributed by atoms with E-state index in [9.17, 15) is 4.79 Å². The smallest absolute Gasteiger partial charge is 0.224 e. The lowest BCUT2D eigenvalue weighted by atomic mass is 9.64. The molecule has 0 spiro atoms. The zero-order valence-electron chi connectivity index (χ0n) is 16.5. The van der Waals surface area contributed by atoms with Crippen molar-refractivity contribution in [3.05, 3.63) is 52.8 Å². The van der Waals surface area contributed by atoms with E-state index in [-0.39, 0.29) is 11.3 Å². The Morgan fingerprint density at radius 3 is 2.50 bits per heavy atom. The molecule has 140 valence electrons. The minimum absolute atomic E-state index is 0.0995. The van der Waals surface area contributed by atoms with Crippen LogP contribution in [0.3, 0.4) is 0 Å². The molecule has 0 saturated heterocycles. The molecule has 1 N–H and O–H groups in total. The van der Waals surface area contributed by atoms with Gasteiger partial charge in [-0.3, -0.25) is 9.48 Å². The van der Waals surface area contributed by atoms with Crippen LogP contribution < -0.4 is 5.32 Å². The molecule has 4 nitrogen and oxygen atoms in total. The first-order valence-electron chi connectivity index (χ1n) is 9.76. The Morgan fingerprint density at radius 1 is 1.23 bits per heavy atom. The second-order valence-corrected chi connectivity index (χ2v) is 8.18. The number of hydrogen-bond acceptors (Lipinski definition) is 2. The number of rotatable bonds is 7. The van der Waals surface area contributed by atoms with E-state index in [4.69, 9.17) is 0 Å². The van der Waals surface area contributed by atoms with Gasteiger partial charge in [-0.05, 0) is 38.2 Å². The van der Waals surface area contributed by atoms with Crippen molar-refractivity contribution < 1.29 is 4.79 Å². The van der Waals surface area contributed by atoms with Crippen LogP contribution in [0.5, 0.6) is 0 Å². The topological polar surface area (TPSA) is 46.9 Å². The molecular weight excluding hydrogens is 322 g/mol. The number of benzene rings is 1. The summed E-state index contributed by atoms with van der Waals surface area (Å²) in [6.07, 6.45) is 3.97. The molecule has 4 heteroatoms. The maximum absolute atomic E-state index is 12.6. The summed E-state index contributed by atoms with van der Waals surface area (Å²) in [7, 11) is 0. The van der Waals surface area contributed by atoms with Crippen molar-refractivity contribution in [1.82, 2.24) is 15.1 Å². The number of carbonyl (C=O) groups excluding carboxylic acids is 1. The molecule has 2 aromatic rings. The van der Waals surface area contributed by atoms with Gasteiger partial charge in [0.05, 0.1) is 12.1 Å². The second-order valence-electron chi connectivity index (χ2n) is 8.18. The van der Waals surface area contributed by atoms with Crippen LogP contribution in [0, 0.1) is 19.8 Å². The molecule has 26 heavy (non-hydrogen) atoms. The maximum Gasteiger partial charge on any atom is 0.224 e. The molecule has 1 fully saturated rings. The van der Waals surface area contributed by atoms with E-state index >= 15 is 0 Å². The second kappa shape index (κ2) is 7.65. The number of carbonyl (C=O) groups is 1. The molecule has 3 rings (SSSR count). The van der Waals surface area contributed by atoms with E-state index in [2.05, 4.69) is 61.5 Å². The molecule has 0 bridgehead atoms. The summed E-state index contributed by atoms with van der Waals surface area (Å²) in [6, 6.07) is 10.6. The third kappa shape index (κ3) is 3.84. The summed E-state index contributed by atoms with van der Waals surface area (Å²) in [6.45, 7) is 10.1. The molecule has 1 aliphatic carbocycles. The van der Waals surface area contributed by atoms with E-state index in [1.54, 1.807) is 0 Å². The highest BCUT2D eigenvalue weighted by Crippen LogP contribution is 2.43.